The molecule has 0 aromatic carbocycles. The Balaban J connectivity index is 1.83. The monoisotopic (exact) mass is 332 g/mol. The van der Waals surface area contributed by atoms with E-state index >= 15 is 0 Å². The van der Waals surface area contributed by atoms with E-state index in [2.05, 4.69) is 15.0 Å². The number of aromatic nitrogens is 3. The van der Waals surface area contributed by atoms with Crippen LogP contribution in [0.25, 0.3) is 11.3 Å². The number of hydrogen-bond acceptors (Lipinski definition) is 5. The van der Waals surface area contributed by atoms with E-state index in [0.717, 1.165) is 12.3 Å². The Morgan fingerprint density at radius 3 is 2.33 bits per heavy atom. The predicted molar refractivity (Wildman–Crippen MR) is 81.2 cm³/mol. The van der Waals surface area contributed by atoms with Crippen LogP contribution in [0.15, 0.2) is 55.0 Å². The molecule has 0 aliphatic carbocycles. The lowest BCUT2D eigenvalue weighted by Gasteiger charge is -2.08. The van der Waals surface area contributed by atoms with E-state index in [9.17, 15) is 13.2 Å². The van der Waals surface area contributed by atoms with Crippen molar-refractivity contribution in [1.82, 2.24) is 15.0 Å². The van der Waals surface area contributed by atoms with Crippen LogP contribution in [0.3, 0.4) is 0 Å². The lowest BCUT2D eigenvalue weighted by atomic mass is 10.1. The maximum absolute atomic E-state index is 12.5. The molecule has 0 aliphatic heterocycles. The number of nitrogen functional groups attached to an aromatic ring is 1. The summed E-state index contributed by atoms with van der Waals surface area (Å²) in [7, 11) is 0. The van der Waals surface area contributed by atoms with E-state index in [4.69, 9.17) is 10.5 Å². The summed E-state index contributed by atoms with van der Waals surface area (Å²) in [6, 6.07) is 8.69. The van der Waals surface area contributed by atoms with E-state index < -0.39 is 11.9 Å². The molecule has 8 heteroatoms. The molecule has 0 fully saturated rings. The molecule has 3 aromatic heterocycles. The molecule has 3 aromatic rings. The molecule has 3 heterocycles. The molecule has 0 spiro atoms. The van der Waals surface area contributed by atoms with E-state index in [-0.39, 0.29) is 0 Å². The van der Waals surface area contributed by atoms with Crippen LogP contribution in [-0.2, 0) is 6.18 Å². The second kappa shape index (κ2) is 6.15. The first-order valence-corrected chi connectivity index (χ1v) is 6.81. The SMILES string of the molecule is Nc1ccc(Oc2ccnc(-c3ccc(C(F)(F)F)nc3)c2)cn1. The summed E-state index contributed by atoms with van der Waals surface area (Å²) in [4.78, 5) is 11.4. The number of pyridine rings is 3. The van der Waals surface area contributed by atoms with Crippen LogP contribution < -0.4 is 10.5 Å². The quantitative estimate of drug-likeness (QED) is 0.786. The van der Waals surface area contributed by atoms with Gasteiger partial charge in [-0.25, -0.2) is 4.98 Å². The maximum atomic E-state index is 12.5. The van der Waals surface area contributed by atoms with Crippen molar-refractivity contribution in [3.8, 4) is 22.8 Å². The van der Waals surface area contributed by atoms with Crippen LogP contribution in [0.1, 0.15) is 5.69 Å². The van der Waals surface area contributed by atoms with E-state index in [1.165, 1.54) is 18.5 Å². The van der Waals surface area contributed by atoms with Crippen LogP contribution in [0, 0.1) is 0 Å². The zero-order valence-electron chi connectivity index (χ0n) is 12.2. The number of nitrogens with zero attached hydrogens (tertiary/aromatic N) is 3. The molecule has 5 nitrogen and oxygen atoms in total. The van der Waals surface area contributed by atoms with Gasteiger partial charge in [-0.15, -0.1) is 0 Å². The molecule has 0 amide bonds. The van der Waals surface area contributed by atoms with Gasteiger partial charge in [0.15, 0.2) is 0 Å². The minimum atomic E-state index is -4.47. The minimum Gasteiger partial charge on any atom is -0.456 e. The number of ether oxygens (including phenoxy) is 1. The van der Waals surface area contributed by atoms with Crippen molar-refractivity contribution in [1.29, 1.82) is 0 Å². The molecule has 3 rings (SSSR count). The van der Waals surface area contributed by atoms with Crippen LogP contribution in [0.5, 0.6) is 11.5 Å². The molecule has 0 aliphatic rings. The van der Waals surface area contributed by atoms with Gasteiger partial charge >= 0.3 is 6.18 Å². The van der Waals surface area contributed by atoms with Crippen molar-refractivity contribution >= 4 is 5.82 Å². The molecule has 0 bridgehead atoms. The van der Waals surface area contributed by atoms with Crippen LogP contribution in [-0.4, -0.2) is 15.0 Å². The van der Waals surface area contributed by atoms with Crippen molar-refractivity contribution < 1.29 is 17.9 Å². The fourth-order valence-electron chi connectivity index (χ4n) is 1.93. The number of alkyl halides is 3. The standard InChI is InChI=1S/C16H11F3N4O/c17-16(18,19)14-3-1-10(8-22-14)13-7-11(5-6-21-13)24-12-2-4-15(20)23-9-12/h1-9H,(H2,20,23). The second-order valence-corrected chi connectivity index (χ2v) is 4.83. The third-order valence-electron chi connectivity index (χ3n) is 3.08. The highest BCUT2D eigenvalue weighted by molar-refractivity contribution is 5.59. The van der Waals surface area contributed by atoms with Gasteiger partial charge in [-0.05, 0) is 30.3 Å². The lowest BCUT2D eigenvalue weighted by molar-refractivity contribution is -0.141. The van der Waals surface area contributed by atoms with E-state index in [0.29, 0.717) is 28.6 Å². The highest BCUT2D eigenvalue weighted by atomic mass is 19.4. The first-order chi connectivity index (χ1) is 11.4. The normalized spacial score (nSPS) is 11.3. The Hall–Kier alpha value is -3.16. The molecular weight excluding hydrogens is 321 g/mol. The Morgan fingerprint density at radius 2 is 1.71 bits per heavy atom. The number of hydrogen-bond donors (Lipinski definition) is 1. The van der Waals surface area contributed by atoms with Gasteiger partial charge in [0, 0.05) is 24.0 Å². The zero-order chi connectivity index (χ0) is 17.2. The predicted octanol–water partition coefficient (Wildman–Crippen LogP) is 3.93. The molecule has 0 atom stereocenters. The summed E-state index contributed by atoms with van der Waals surface area (Å²) in [5, 5.41) is 0. The van der Waals surface area contributed by atoms with Crippen molar-refractivity contribution in [3.05, 3.63) is 60.7 Å². The average molecular weight is 332 g/mol. The molecule has 0 saturated heterocycles. The topological polar surface area (TPSA) is 73.9 Å². The number of rotatable bonds is 3. The number of nitrogens with two attached hydrogens (primary N) is 1. The van der Waals surface area contributed by atoms with Gasteiger partial charge in [0.2, 0.25) is 0 Å². The number of anilines is 1. The zero-order valence-corrected chi connectivity index (χ0v) is 12.2. The van der Waals surface area contributed by atoms with Gasteiger partial charge in [-0.3, -0.25) is 9.97 Å². The van der Waals surface area contributed by atoms with Gasteiger partial charge in [-0.1, -0.05) is 0 Å². The molecule has 2 N–H and O–H groups in total. The summed E-state index contributed by atoms with van der Waals surface area (Å²) in [6.45, 7) is 0. The van der Waals surface area contributed by atoms with Crippen molar-refractivity contribution in [2.45, 2.75) is 6.18 Å². The van der Waals surface area contributed by atoms with Gasteiger partial charge in [-0.2, -0.15) is 13.2 Å². The Labute approximate surface area is 135 Å². The molecular formula is C16H11F3N4O. The third kappa shape index (κ3) is 3.60. The van der Waals surface area contributed by atoms with Gasteiger partial charge in [0.1, 0.15) is 23.0 Å². The Bertz CT molecular complexity index is 833. The molecule has 122 valence electrons. The molecule has 0 unspecified atom stereocenters. The summed E-state index contributed by atoms with van der Waals surface area (Å²) in [5.74, 6) is 1.31. The fraction of sp³-hybridized carbons (Fsp3) is 0.0625. The summed E-state index contributed by atoms with van der Waals surface area (Å²) >= 11 is 0. The summed E-state index contributed by atoms with van der Waals surface area (Å²) in [5.41, 5.74) is 5.44. The maximum Gasteiger partial charge on any atom is 0.433 e. The van der Waals surface area contributed by atoms with E-state index in [1.807, 2.05) is 0 Å². The first kappa shape index (κ1) is 15.7. The highest BCUT2D eigenvalue weighted by Gasteiger charge is 2.32. The van der Waals surface area contributed by atoms with E-state index in [1.54, 1.807) is 24.3 Å². The lowest BCUT2D eigenvalue weighted by Crippen LogP contribution is -2.07. The van der Waals surface area contributed by atoms with Gasteiger partial charge < -0.3 is 10.5 Å². The summed E-state index contributed by atoms with van der Waals surface area (Å²) in [6.07, 6.45) is -0.388. The van der Waals surface area contributed by atoms with Crippen LogP contribution in [0.2, 0.25) is 0 Å². The highest BCUT2D eigenvalue weighted by Crippen LogP contribution is 2.29. The third-order valence-corrected chi connectivity index (χ3v) is 3.08. The fourth-order valence-corrected chi connectivity index (χ4v) is 1.93. The molecule has 0 radical (unpaired) electrons. The van der Waals surface area contributed by atoms with Crippen molar-refractivity contribution in [3.63, 3.8) is 0 Å². The van der Waals surface area contributed by atoms with Crippen LogP contribution in [0.4, 0.5) is 19.0 Å². The van der Waals surface area contributed by atoms with Crippen LogP contribution >= 0.6 is 0 Å². The molecule has 24 heavy (non-hydrogen) atoms. The first-order valence-electron chi connectivity index (χ1n) is 6.81. The van der Waals surface area contributed by atoms with Gasteiger partial charge in [0.05, 0.1) is 11.9 Å². The summed E-state index contributed by atoms with van der Waals surface area (Å²) < 4.78 is 43.2. The second-order valence-electron chi connectivity index (χ2n) is 4.83. The largest absolute Gasteiger partial charge is 0.456 e. The van der Waals surface area contributed by atoms with Gasteiger partial charge in [0.25, 0.3) is 0 Å². The smallest absolute Gasteiger partial charge is 0.433 e. The number of halogens is 3. The molecule has 0 saturated carbocycles. The Morgan fingerprint density at radius 1 is 0.875 bits per heavy atom. The van der Waals surface area contributed by atoms with Crippen molar-refractivity contribution in [2.24, 2.45) is 0 Å². The van der Waals surface area contributed by atoms with Crippen molar-refractivity contribution in [2.75, 3.05) is 5.73 Å². The minimum absolute atomic E-state index is 0.369. The average Bonchev–Trinajstić information content (AvgIpc) is 2.57. The Kier molecular flexibility index (Phi) is 4.03.